The third kappa shape index (κ3) is 4.40. The summed E-state index contributed by atoms with van der Waals surface area (Å²) in [5, 5.41) is 20.0. The summed E-state index contributed by atoms with van der Waals surface area (Å²) >= 11 is 2.45. The average Bonchev–Trinajstić information content (AvgIpc) is 3.12. The minimum Gasteiger partial charge on any atom is -0.462 e. The van der Waals surface area contributed by atoms with E-state index in [1.165, 1.54) is 15.9 Å². The molecule has 0 spiro atoms. The number of thiophene rings is 1. The van der Waals surface area contributed by atoms with Crippen molar-refractivity contribution in [2.75, 3.05) is 23.4 Å². The Balaban J connectivity index is 2.28. The third-order valence-corrected chi connectivity index (χ3v) is 5.76. The number of amides is 1. The summed E-state index contributed by atoms with van der Waals surface area (Å²) in [5.74, 6) is -0.631. The summed E-state index contributed by atoms with van der Waals surface area (Å²) in [7, 11) is 0. The molecule has 0 fully saturated rings. The molecule has 3 N–H and O–H groups in total. The number of aromatic nitrogens is 3. The number of rotatable bonds is 7. The topological polar surface area (TPSA) is 136 Å². The molecule has 11 heteroatoms. The molecule has 2 rings (SSSR count). The Morgan fingerprint density at radius 1 is 1.44 bits per heavy atom. The van der Waals surface area contributed by atoms with Gasteiger partial charge >= 0.3 is 5.97 Å². The van der Waals surface area contributed by atoms with E-state index in [0.717, 1.165) is 22.2 Å². The molecular weight excluding hydrogens is 388 g/mol. The molecule has 0 aliphatic rings. The van der Waals surface area contributed by atoms with E-state index < -0.39 is 12.0 Å². The van der Waals surface area contributed by atoms with Gasteiger partial charge in [-0.1, -0.05) is 11.8 Å². The van der Waals surface area contributed by atoms with Crippen LogP contribution in [0.1, 0.15) is 40.7 Å². The Morgan fingerprint density at radius 3 is 2.78 bits per heavy atom. The number of anilines is 2. The van der Waals surface area contributed by atoms with Crippen LogP contribution in [0.5, 0.6) is 0 Å². The molecule has 0 saturated heterocycles. The van der Waals surface area contributed by atoms with Crippen molar-refractivity contribution < 1.29 is 14.3 Å². The Hall–Kier alpha value is -2.58. The first kappa shape index (κ1) is 20.7. The summed E-state index contributed by atoms with van der Waals surface area (Å²) in [5.41, 5.74) is 6.96. The van der Waals surface area contributed by atoms with Crippen molar-refractivity contribution in [3.8, 4) is 6.07 Å². The smallest absolute Gasteiger partial charge is 0.341 e. The highest BCUT2D eigenvalue weighted by Gasteiger charge is 2.26. The van der Waals surface area contributed by atoms with E-state index in [9.17, 15) is 9.59 Å². The largest absolute Gasteiger partial charge is 0.462 e. The molecule has 1 unspecified atom stereocenters. The number of carbonyl (C=O) groups is 2. The quantitative estimate of drug-likeness (QED) is 0.527. The van der Waals surface area contributed by atoms with Gasteiger partial charge in [-0.2, -0.15) is 5.26 Å². The lowest BCUT2D eigenvalue weighted by molar-refractivity contribution is -0.118. The zero-order valence-electron chi connectivity index (χ0n) is 15.4. The van der Waals surface area contributed by atoms with Gasteiger partial charge in [0, 0.05) is 4.88 Å². The molecule has 0 aliphatic carbocycles. The van der Waals surface area contributed by atoms with E-state index in [0.29, 0.717) is 15.7 Å². The van der Waals surface area contributed by atoms with E-state index in [2.05, 4.69) is 15.5 Å². The van der Waals surface area contributed by atoms with Crippen molar-refractivity contribution in [1.82, 2.24) is 14.8 Å². The maximum atomic E-state index is 12.8. The van der Waals surface area contributed by atoms with Gasteiger partial charge in [0.2, 0.25) is 11.9 Å². The number of nitriles is 1. The van der Waals surface area contributed by atoms with E-state index >= 15 is 0 Å². The predicted octanol–water partition coefficient (Wildman–Crippen LogP) is 2.53. The van der Waals surface area contributed by atoms with Crippen LogP contribution < -0.4 is 11.1 Å². The first-order chi connectivity index (χ1) is 12.8. The maximum absolute atomic E-state index is 12.8. The molecule has 0 saturated carbocycles. The lowest BCUT2D eigenvalue weighted by Gasteiger charge is -2.16. The Morgan fingerprint density at radius 2 is 2.15 bits per heavy atom. The molecule has 0 radical (unpaired) electrons. The predicted molar refractivity (Wildman–Crippen MR) is 104 cm³/mol. The van der Waals surface area contributed by atoms with E-state index in [4.69, 9.17) is 15.7 Å². The van der Waals surface area contributed by atoms with Crippen LogP contribution >= 0.6 is 23.1 Å². The van der Waals surface area contributed by atoms with E-state index in [-0.39, 0.29) is 24.2 Å². The molecule has 2 aromatic heterocycles. The third-order valence-electron chi connectivity index (χ3n) is 3.83. The number of ether oxygens (including phenoxy) is 1. The highest BCUT2D eigenvalue weighted by molar-refractivity contribution is 7.99. The van der Waals surface area contributed by atoms with Gasteiger partial charge in [0.15, 0.2) is 5.16 Å². The number of hydrogen-bond acceptors (Lipinski definition) is 9. The summed E-state index contributed by atoms with van der Waals surface area (Å²) in [6.07, 6.45) is 0. The number of nitrogens with two attached hydrogens (primary N) is 1. The molecule has 1 atom stereocenters. The van der Waals surface area contributed by atoms with Gasteiger partial charge in [-0.05, 0) is 33.3 Å². The molecule has 2 aromatic rings. The molecule has 144 valence electrons. The second kappa shape index (κ2) is 8.88. The van der Waals surface area contributed by atoms with Gasteiger partial charge in [0.25, 0.3) is 0 Å². The Bertz CT molecular complexity index is 899. The normalized spacial score (nSPS) is 11.7. The van der Waals surface area contributed by atoms with E-state index in [1.54, 1.807) is 13.8 Å². The van der Waals surface area contributed by atoms with Crippen LogP contribution in [0.4, 0.5) is 10.9 Å². The fourth-order valence-electron chi connectivity index (χ4n) is 2.35. The number of nitrogens with zero attached hydrogens (tertiary/aromatic N) is 4. The fourth-order valence-corrected chi connectivity index (χ4v) is 4.08. The standard InChI is InChI=1S/C16H20N6O3S2/c1-5-25-14(24)11-8(2)10(4)27-13(11)19-12(23)9(3)22-15(18)20-21-16(22)26-7-6-17/h9H,5,7H2,1-4H3,(H2,18,20)(H,19,23). The van der Waals surface area contributed by atoms with Crippen molar-refractivity contribution in [2.24, 2.45) is 0 Å². The number of esters is 1. The van der Waals surface area contributed by atoms with Crippen LogP contribution in [0.15, 0.2) is 5.16 Å². The van der Waals surface area contributed by atoms with Crippen LogP contribution in [0, 0.1) is 25.2 Å². The number of thioether (sulfide) groups is 1. The monoisotopic (exact) mass is 408 g/mol. The second-order valence-electron chi connectivity index (χ2n) is 5.53. The van der Waals surface area contributed by atoms with E-state index in [1.807, 2.05) is 19.9 Å². The highest BCUT2D eigenvalue weighted by Crippen LogP contribution is 2.34. The van der Waals surface area contributed by atoms with Crippen molar-refractivity contribution in [2.45, 2.75) is 38.9 Å². The first-order valence-corrected chi connectivity index (χ1v) is 9.90. The van der Waals surface area contributed by atoms with Crippen LogP contribution in [0.2, 0.25) is 0 Å². The maximum Gasteiger partial charge on any atom is 0.341 e. The van der Waals surface area contributed by atoms with Gasteiger partial charge in [-0.3, -0.25) is 9.36 Å². The highest BCUT2D eigenvalue weighted by atomic mass is 32.2. The molecule has 0 bridgehead atoms. The molecule has 9 nitrogen and oxygen atoms in total. The number of hydrogen-bond donors (Lipinski definition) is 2. The second-order valence-corrected chi connectivity index (χ2v) is 7.70. The zero-order valence-corrected chi connectivity index (χ0v) is 17.0. The summed E-state index contributed by atoms with van der Waals surface area (Å²) in [4.78, 5) is 26.0. The van der Waals surface area contributed by atoms with Crippen molar-refractivity contribution in [3.05, 3.63) is 16.0 Å². The number of nitrogens with one attached hydrogen (secondary N) is 1. The number of nitrogen functional groups attached to an aromatic ring is 1. The zero-order chi connectivity index (χ0) is 20.1. The Kier molecular flexibility index (Phi) is 6.81. The average molecular weight is 409 g/mol. The minimum atomic E-state index is -0.737. The summed E-state index contributed by atoms with van der Waals surface area (Å²) in [6, 6.07) is 1.26. The Labute approximate surface area is 164 Å². The van der Waals surface area contributed by atoms with Gasteiger partial charge < -0.3 is 15.8 Å². The SMILES string of the molecule is CCOC(=O)c1c(NC(=O)C(C)n2c(N)nnc2SCC#N)sc(C)c1C. The molecular formula is C16H20N6O3S2. The van der Waals surface area contributed by atoms with Crippen molar-refractivity contribution in [3.63, 3.8) is 0 Å². The molecule has 1 amide bonds. The number of carbonyl (C=O) groups excluding carboxylic acids is 2. The van der Waals surface area contributed by atoms with Gasteiger partial charge in [-0.15, -0.1) is 21.5 Å². The van der Waals surface area contributed by atoms with Crippen LogP contribution in [0.25, 0.3) is 0 Å². The molecule has 0 aliphatic heterocycles. The summed E-state index contributed by atoms with van der Waals surface area (Å²) < 4.78 is 6.55. The van der Waals surface area contributed by atoms with Crippen LogP contribution in [0.3, 0.4) is 0 Å². The van der Waals surface area contributed by atoms with Crippen molar-refractivity contribution >= 4 is 45.9 Å². The van der Waals surface area contributed by atoms with Gasteiger partial charge in [0.05, 0.1) is 24.0 Å². The van der Waals surface area contributed by atoms with Crippen molar-refractivity contribution in [1.29, 1.82) is 5.26 Å². The van der Waals surface area contributed by atoms with Crippen LogP contribution in [-0.4, -0.2) is 39.0 Å². The lowest BCUT2D eigenvalue weighted by Crippen LogP contribution is -2.25. The van der Waals surface area contributed by atoms with Crippen LogP contribution in [-0.2, 0) is 9.53 Å². The fraction of sp³-hybridized carbons (Fsp3) is 0.438. The first-order valence-electron chi connectivity index (χ1n) is 8.09. The minimum absolute atomic E-state index is 0.0715. The molecule has 27 heavy (non-hydrogen) atoms. The molecule has 0 aromatic carbocycles. The summed E-state index contributed by atoms with van der Waals surface area (Å²) in [6.45, 7) is 7.29. The van der Waals surface area contributed by atoms with Gasteiger partial charge in [-0.25, -0.2) is 4.79 Å². The van der Waals surface area contributed by atoms with Gasteiger partial charge in [0.1, 0.15) is 11.0 Å². The lowest BCUT2D eigenvalue weighted by atomic mass is 10.1. The molecule has 2 heterocycles. The number of aryl methyl sites for hydroxylation is 1.